The van der Waals surface area contributed by atoms with Crippen LogP contribution in [-0.2, 0) is 4.79 Å². The zero-order chi connectivity index (χ0) is 14.0. The van der Waals surface area contributed by atoms with E-state index < -0.39 is 12.0 Å². The van der Waals surface area contributed by atoms with E-state index in [1.165, 1.54) is 11.3 Å². The third-order valence-electron chi connectivity index (χ3n) is 2.36. The zero-order valence-electron chi connectivity index (χ0n) is 9.36. The highest BCUT2D eigenvalue weighted by atomic mass is 79.9. The third kappa shape index (κ3) is 3.72. The number of halogens is 3. The van der Waals surface area contributed by atoms with Crippen LogP contribution in [0.3, 0.4) is 0 Å². The molecule has 2 N–H and O–H groups in total. The quantitative estimate of drug-likeness (QED) is 0.711. The number of hydrogen-bond acceptors (Lipinski definition) is 3. The molecule has 0 bridgehead atoms. The number of benzene rings is 1. The minimum absolute atomic E-state index is 0.580. The molecule has 100 valence electrons. The molecule has 0 aliphatic carbocycles. The normalized spacial score (nSPS) is 12.2. The zero-order valence-corrected chi connectivity index (χ0v) is 14.1. The molecular formula is C12H8Br2ClNO2S. The molecule has 1 aromatic heterocycles. The maximum Gasteiger partial charge on any atom is 0.331 e. The minimum Gasteiger partial charge on any atom is -0.479 e. The highest BCUT2D eigenvalue weighted by molar-refractivity contribution is 9.11. The lowest BCUT2D eigenvalue weighted by Crippen LogP contribution is -2.19. The number of rotatable bonds is 4. The van der Waals surface area contributed by atoms with E-state index >= 15 is 0 Å². The molecule has 1 heterocycles. The fourth-order valence-corrected chi connectivity index (χ4v) is 3.45. The number of hydrogen-bond donors (Lipinski definition) is 2. The van der Waals surface area contributed by atoms with Crippen molar-refractivity contribution < 1.29 is 9.90 Å². The molecule has 0 aliphatic rings. The molecule has 0 spiro atoms. The van der Waals surface area contributed by atoms with Gasteiger partial charge < -0.3 is 10.4 Å². The first-order valence-electron chi connectivity index (χ1n) is 5.17. The summed E-state index contributed by atoms with van der Waals surface area (Å²) in [7, 11) is 0. The van der Waals surface area contributed by atoms with Gasteiger partial charge in [0.05, 0.1) is 8.81 Å². The molecule has 2 rings (SSSR count). The molecule has 0 saturated heterocycles. The summed E-state index contributed by atoms with van der Waals surface area (Å²) in [6.07, 6.45) is 0. The molecule has 1 aromatic carbocycles. The van der Waals surface area contributed by atoms with Crippen molar-refractivity contribution in [2.75, 3.05) is 5.32 Å². The molecule has 0 fully saturated rings. The molecule has 3 nitrogen and oxygen atoms in total. The first kappa shape index (κ1) is 14.8. The Bertz CT molecular complexity index is 618. The van der Waals surface area contributed by atoms with Crippen LogP contribution >= 0.6 is 54.8 Å². The smallest absolute Gasteiger partial charge is 0.331 e. The van der Waals surface area contributed by atoms with E-state index in [0.717, 1.165) is 13.1 Å². The van der Waals surface area contributed by atoms with Crippen molar-refractivity contribution >= 4 is 66.5 Å². The second-order valence-corrected chi connectivity index (χ2v) is 7.44. The fraction of sp³-hybridized carbons (Fsp3) is 0.0833. The number of carboxylic acid groups (broad SMARTS) is 1. The van der Waals surface area contributed by atoms with Crippen LogP contribution in [0.25, 0.3) is 0 Å². The molecule has 7 heteroatoms. The van der Waals surface area contributed by atoms with E-state index in [4.69, 9.17) is 11.6 Å². The Morgan fingerprint density at radius 3 is 2.58 bits per heavy atom. The Kier molecular flexibility index (Phi) is 4.89. The molecule has 0 amide bonds. The second kappa shape index (κ2) is 6.26. The summed E-state index contributed by atoms with van der Waals surface area (Å²) in [6.45, 7) is 0. The highest BCUT2D eigenvalue weighted by Crippen LogP contribution is 2.31. The van der Waals surface area contributed by atoms with Gasteiger partial charge in [-0.1, -0.05) is 11.6 Å². The van der Waals surface area contributed by atoms with Crippen molar-refractivity contribution in [2.45, 2.75) is 6.04 Å². The van der Waals surface area contributed by atoms with Gasteiger partial charge in [-0.15, -0.1) is 11.3 Å². The number of aliphatic carboxylic acids is 1. The van der Waals surface area contributed by atoms with Crippen molar-refractivity contribution in [3.63, 3.8) is 0 Å². The van der Waals surface area contributed by atoms with E-state index in [9.17, 15) is 9.90 Å². The molecule has 2 aromatic rings. The van der Waals surface area contributed by atoms with Crippen molar-refractivity contribution in [3.8, 4) is 0 Å². The summed E-state index contributed by atoms with van der Waals surface area (Å²) in [6, 6.07) is 8.02. The number of carbonyl (C=O) groups is 1. The van der Waals surface area contributed by atoms with Crippen LogP contribution in [0.5, 0.6) is 0 Å². The van der Waals surface area contributed by atoms with Crippen molar-refractivity contribution in [1.82, 2.24) is 0 Å². The highest BCUT2D eigenvalue weighted by Gasteiger charge is 2.21. The second-order valence-electron chi connectivity index (χ2n) is 3.69. The summed E-state index contributed by atoms with van der Waals surface area (Å²) >= 11 is 13.9. The van der Waals surface area contributed by atoms with Crippen LogP contribution < -0.4 is 5.32 Å². The topological polar surface area (TPSA) is 49.3 Å². The third-order valence-corrected chi connectivity index (χ3v) is 5.26. The van der Waals surface area contributed by atoms with Crippen LogP contribution in [0.1, 0.15) is 10.9 Å². The van der Waals surface area contributed by atoms with Gasteiger partial charge in [0.25, 0.3) is 0 Å². The van der Waals surface area contributed by atoms with Crippen LogP contribution in [0.4, 0.5) is 5.69 Å². The monoisotopic (exact) mass is 423 g/mol. The maximum atomic E-state index is 11.4. The number of nitrogens with one attached hydrogen (secondary N) is 1. The first-order chi connectivity index (χ1) is 8.97. The largest absolute Gasteiger partial charge is 0.479 e. The Morgan fingerprint density at radius 2 is 2.05 bits per heavy atom. The number of carboxylic acids is 1. The van der Waals surface area contributed by atoms with E-state index in [-0.39, 0.29) is 0 Å². The molecule has 19 heavy (non-hydrogen) atoms. The predicted octanol–water partition coefficient (Wildman–Crippen LogP) is 5.16. The lowest BCUT2D eigenvalue weighted by molar-refractivity contribution is -0.138. The first-order valence-corrected chi connectivity index (χ1v) is 7.95. The summed E-state index contributed by atoms with van der Waals surface area (Å²) < 4.78 is 1.61. The summed E-state index contributed by atoms with van der Waals surface area (Å²) in [5.41, 5.74) is 0.688. The molecule has 1 unspecified atom stereocenters. The molecular weight excluding hydrogens is 417 g/mol. The van der Waals surface area contributed by atoms with Gasteiger partial charge in [-0.3, -0.25) is 0 Å². The number of anilines is 1. The van der Waals surface area contributed by atoms with Gasteiger partial charge in [-0.2, -0.15) is 0 Å². The van der Waals surface area contributed by atoms with Gasteiger partial charge in [0.1, 0.15) is 0 Å². The summed E-state index contributed by atoms with van der Waals surface area (Å²) in [4.78, 5) is 12.1. The van der Waals surface area contributed by atoms with Gasteiger partial charge in [0, 0.05) is 15.0 Å². The summed E-state index contributed by atoms with van der Waals surface area (Å²) in [5.74, 6) is -0.930. The van der Waals surface area contributed by atoms with Crippen molar-refractivity contribution in [2.24, 2.45) is 0 Å². The van der Waals surface area contributed by atoms with E-state index in [0.29, 0.717) is 10.7 Å². The van der Waals surface area contributed by atoms with E-state index in [1.54, 1.807) is 24.3 Å². The predicted molar refractivity (Wildman–Crippen MR) is 85.2 cm³/mol. The van der Waals surface area contributed by atoms with E-state index in [2.05, 4.69) is 37.2 Å². The average molecular weight is 426 g/mol. The van der Waals surface area contributed by atoms with E-state index in [1.807, 2.05) is 6.07 Å². The lowest BCUT2D eigenvalue weighted by atomic mass is 10.2. The van der Waals surface area contributed by atoms with Gasteiger partial charge >= 0.3 is 5.97 Å². The van der Waals surface area contributed by atoms with Crippen molar-refractivity contribution in [3.05, 3.63) is 48.5 Å². The molecule has 0 saturated carbocycles. The van der Waals surface area contributed by atoms with Gasteiger partial charge in [-0.25, -0.2) is 4.79 Å². The Balaban J connectivity index is 2.26. The SMILES string of the molecule is O=C(O)C(Nc1ccc(Cl)c(Br)c1)c1ccc(Br)s1. The van der Waals surface area contributed by atoms with Gasteiger partial charge in [0.15, 0.2) is 6.04 Å². The van der Waals surface area contributed by atoms with Crippen LogP contribution in [0.2, 0.25) is 5.02 Å². The number of thiophene rings is 1. The standard InChI is InChI=1S/C12H8Br2ClNO2S/c13-7-5-6(1-2-8(7)15)16-11(12(17)18)9-3-4-10(14)19-9/h1-5,11,16H,(H,17,18). The van der Waals surface area contributed by atoms with Gasteiger partial charge in [-0.05, 0) is 62.2 Å². The molecule has 0 radical (unpaired) electrons. The Hall–Kier alpha value is -0.560. The lowest BCUT2D eigenvalue weighted by Gasteiger charge is -2.14. The summed E-state index contributed by atoms with van der Waals surface area (Å²) in [5, 5.41) is 12.9. The Labute approximate surface area is 135 Å². The van der Waals surface area contributed by atoms with Crippen LogP contribution in [0, 0.1) is 0 Å². The fourth-order valence-electron chi connectivity index (χ4n) is 1.49. The molecule has 0 aliphatic heterocycles. The minimum atomic E-state index is -0.930. The average Bonchev–Trinajstić information content (AvgIpc) is 2.76. The molecule has 1 atom stereocenters. The van der Waals surface area contributed by atoms with Crippen LogP contribution in [-0.4, -0.2) is 11.1 Å². The van der Waals surface area contributed by atoms with Crippen LogP contribution in [0.15, 0.2) is 38.6 Å². The Morgan fingerprint density at radius 1 is 1.32 bits per heavy atom. The van der Waals surface area contributed by atoms with Gasteiger partial charge in [0.2, 0.25) is 0 Å². The maximum absolute atomic E-state index is 11.4. The van der Waals surface area contributed by atoms with Crippen molar-refractivity contribution in [1.29, 1.82) is 0 Å².